The van der Waals surface area contributed by atoms with Crippen molar-refractivity contribution in [2.24, 2.45) is 11.8 Å². The summed E-state index contributed by atoms with van der Waals surface area (Å²) in [5, 5.41) is 17.2. The number of hydrogen-bond acceptors (Lipinski definition) is 8. The van der Waals surface area contributed by atoms with Crippen LogP contribution in [0, 0.1) is 11.8 Å². The lowest BCUT2D eigenvalue weighted by atomic mass is 10.0. The number of nitrogens with one attached hydrogen (secondary N) is 1. The highest BCUT2D eigenvalue weighted by molar-refractivity contribution is 5.67. The number of anilines is 3. The van der Waals surface area contributed by atoms with E-state index in [-0.39, 0.29) is 5.95 Å². The first-order chi connectivity index (χ1) is 21.3. The number of nitrogens with two attached hydrogens (primary N) is 1. The lowest BCUT2D eigenvalue weighted by Gasteiger charge is -2.32. The van der Waals surface area contributed by atoms with Gasteiger partial charge >= 0.3 is 0 Å². The Hall–Kier alpha value is -3.85. The van der Waals surface area contributed by atoms with E-state index in [4.69, 9.17) is 5.73 Å². The Kier molecular flexibility index (Phi) is 9.21. The third-order valence-electron chi connectivity index (χ3n) is 9.17. The number of fused-ring (bicyclic) bond motifs is 4. The Balaban J connectivity index is 1.15. The standard InChI is InChI=1S/C35H47N9/c1-23(2)16-19-43(20-17-24(3)4)29-14-11-25-10-13-28(21-26(25)12-15-29)38-35-39-34(36)44(42-35)32-22-27-7-5-9-31-30(8-6-18-37-31)33(27)41-40-32/h6,8,10,13,18,21-24,29H,5,7,9,11-12,14-17,19-20H2,1-4H3,(H3,36,38,39,42)/t29-/m0/s1. The van der Waals surface area contributed by atoms with Gasteiger partial charge in [-0.25, -0.2) is 0 Å². The van der Waals surface area contributed by atoms with Gasteiger partial charge in [0.2, 0.25) is 11.9 Å². The molecule has 9 nitrogen and oxygen atoms in total. The molecule has 9 heteroatoms. The van der Waals surface area contributed by atoms with Gasteiger partial charge in [-0.2, -0.15) is 9.67 Å². The molecule has 0 aliphatic heterocycles. The zero-order chi connectivity index (χ0) is 30.6. The molecule has 3 N–H and O–H groups in total. The summed E-state index contributed by atoms with van der Waals surface area (Å²) in [5.74, 6) is 2.77. The molecule has 232 valence electrons. The summed E-state index contributed by atoms with van der Waals surface area (Å²) in [4.78, 5) is 11.9. The Morgan fingerprint density at radius 1 is 0.909 bits per heavy atom. The first-order valence-electron chi connectivity index (χ1n) is 16.5. The third kappa shape index (κ3) is 6.93. The highest BCUT2D eigenvalue weighted by Gasteiger charge is 2.23. The van der Waals surface area contributed by atoms with Gasteiger partial charge in [-0.1, -0.05) is 33.8 Å². The van der Waals surface area contributed by atoms with E-state index < -0.39 is 0 Å². The van der Waals surface area contributed by atoms with Crippen LogP contribution in [-0.2, 0) is 25.7 Å². The van der Waals surface area contributed by atoms with Crippen LogP contribution < -0.4 is 11.1 Å². The normalized spacial score (nSPS) is 16.4. The van der Waals surface area contributed by atoms with E-state index >= 15 is 0 Å². The Labute approximate surface area is 261 Å². The summed E-state index contributed by atoms with van der Waals surface area (Å²) in [6.07, 6.45) is 11.8. The van der Waals surface area contributed by atoms with Gasteiger partial charge in [-0.05, 0) is 130 Å². The molecule has 0 spiro atoms. The number of benzene rings is 1. The topological polar surface area (TPSA) is 111 Å². The maximum absolute atomic E-state index is 6.34. The van der Waals surface area contributed by atoms with Crippen molar-refractivity contribution in [3.8, 4) is 17.1 Å². The van der Waals surface area contributed by atoms with Gasteiger partial charge in [-0.15, -0.1) is 15.3 Å². The predicted octanol–water partition coefficient (Wildman–Crippen LogP) is 6.58. The molecule has 0 saturated heterocycles. The van der Waals surface area contributed by atoms with Crippen LogP contribution in [0.25, 0.3) is 17.1 Å². The minimum Gasteiger partial charge on any atom is -0.368 e. The summed E-state index contributed by atoms with van der Waals surface area (Å²) in [7, 11) is 0. The molecule has 4 aromatic rings. The maximum Gasteiger partial charge on any atom is 0.248 e. The fourth-order valence-corrected chi connectivity index (χ4v) is 6.57. The molecule has 2 aliphatic rings. The molecule has 1 atom stereocenters. The van der Waals surface area contributed by atoms with Crippen LogP contribution in [0.5, 0.6) is 0 Å². The van der Waals surface area contributed by atoms with E-state index in [9.17, 15) is 0 Å². The molecule has 0 fully saturated rings. The number of nitrogen functional groups attached to an aromatic ring is 1. The molecule has 2 aliphatic carbocycles. The lowest BCUT2D eigenvalue weighted by Crippen LogP contribution is -2.38. The number of aryl methyl sites for hydroxylation is 4. The van der Waals surface area contributed by atoms with Gasteiger partial charge in [0, 0.05) is 29.2 Å². The van der Waals surface area contributed by atoms with Crippen LogP contribution in [0.2, 0.25) is 0 Å². The van der Waals surface area contributed by atoms with E-state index in [0.29, 0.717) is 17.8 Å². The average molecular weight is 594 g/mol. The minimum atomic E-state index is 0.276. The smallest absolute Gasteiger partial charge is 0.248 e. The molecule has 3 aromatic heterocycles. The first kappa shape index (κ1) is 30.2. The molecular weight excluding hydrogens is 546 g/mol. The zero-order valence-electron chi connectivity index (χ0n) is 26.8. The fraction of sp³-hybridized carbons (Fsp3) is 0.514. The van der Waals surface area contributed by atoms with Crippen molar-refractivity contribution in [3.05, 3.63) is 65.0 Å². The van der Waals surface area contributed by atoms with Crippen molar-refractivity contribution in [3.63, 3.8) is 0 Å². The molecular formula is C35H47N9. The van der Waals surface area contributed by atoms with Crippen LogP contribution in [0.3, 0.4) is 0 Å². The second-order valence-corrected chi connectivity index (χ2v) is 13.4. The molecule has 3 heterocycles. The molecule has 0 unspecified atom stereocenters. The van der Waals surface area contributed by atoms with Gasteiger partial charge in [0.1, 0.15) is 0 Å². The minimum absolute atomic E-state index is 0.276. The summed E-state index contributed by atoms with van der Waals surface area (Å²) in [5.41, 5.74) is 14.3. The van der Waals surface area contributed by atoms with Crippen LogP contribution in [0.1, 0.15) is 82.2 Å². The molecule has 6 rings (SSSR count). The van der Waals surface area contributed by atoms with E-state index in [0.717, 1.165) is 72.1 Å². The summed E-state index contributed by atoms with van der Waals surface area (Å²) < 4.78 is 1.57. The molecule has 0 saturated carbocycles. The summed E-state index contributed by atoms with van der Waals surface area (Å²) in [6, 6.07) is 13.4. The second-order valence-electron chi connectivity index (χ2n) is 13.4. The van der Waals surface area contributed by atoms with Crippen LogP contribution in [-0.4, -0.2) is 54.0 Å². The van der Waals surface area contributed by atoms with E-state index in [1.165, 1.54) is 49.9 Å². The molecule has 44 heavy (non-hydrogen) atoms. The Bertz CT molecular complexity index is 1560. The number of hydrogen-bond donors (Lipinski definition) is 2. The van der Waals surface area contributed by atoms with Crippen molar-refractivity contribution in [1.29, 1.82) is 0 Å². The second kappa shape index (κ2) is 13.4. The molecule has 0 bridgehead atoms. The third-order valence-corrected chi connectivity index (χ3v) is 9.17. The van der Waals surface area contributed by atoms with Gasteiger partial charge in [0.15, 0.2) is 5.82 Å². The quantitative estimate of drug-likeness (QED) is 0.199. The van der Waals surface area contributed by atoms with Crippen molar-refractivity contribution in [2.75, 3.05) is 24.1 Å². The van der Waals surface area contributed by atoms with Crippen molar-refractivity contribution in [1.82, 2.24) is 34.8 Å². The fourth-order valence-electron chi connectivity index (χ4n) is 6.57. The SMILES string of the molecule is CC(C)CCN(CCC(C)C)[C@H]1CCc2ccc(Nc3nc(N)n(-c4cc5c(nn4)-c4cccnc4CCC5)n3)cc2CC1. The number of pyridine rings is 1. The first-order valence-corrected chi connectivity index (χ1v) is 16.5. The number of nitrogens with zero attached hydrogens (tertiary/aromatic N) is 7. The number of rotatable bonds is 10. The van der Waals surface area contributed by atoms with E-state index in [1.54, 1.807) is 4.68 Å². The monoisotopic (exact) mass is 593 g/mol. The Morgan fingerprint density at radius 2 is 1.68 bits per heavy atom. The largest absolute Gasteiger partial charge is 0.368 e. The number of aromatic nitrogens is 6. The molecule has 0 amide bonds. The van der Waals surface area contributed by atoms with E-state index in [1.807, 2.05) is 18.3 Å². The molecule has 1 aromatic carbocycles. The van der Waals surface area contributed by atoms with Crippen molar-refractivity contribution >= 4 is 17.6 Å². The maximum atomic E-state index is 6.34. The lowest BCUT2D eigenvalue weighted by molar-refractivity contribution is 0.162. The zero-order valence-corrected chi connectivity index (χ0v) is 26.8. The van der Waals surface area contributed by atoms with Crippen LogP contribution >= 0.6 is 0 Å². The van der Waals surface area contributed by atoms with E-state index in [2.05, 4.69) is 87.4 Å². The molecule has 0 radical (unpaired) electrons. The average Bonchev–Trinajstić information content (AvgIpc) is 3.15. The van der Waals surface area contributed by atoms with Gasteiger partial charge in [0.05, 0.1) is 5.69 Å². The van der Waals surface area contributed by atoms with Crippen molar-refractivity contribution in [2.45, 2.75) is 91.5 Å². The summed E-state index contributed by atoms with van der Waals surface area (Å²) in [6.45, 7) is 11.7. The highest BCUT2D eigenvalue weighted by Crippen LogP contribution is 2.31. The van der Waals surface area contributed by atoms with Gasteiger partial charge in [-0.3, -0.25) is 4.98 Å². The highest BCUT2D eigenvalue weighted by atomic mass is 15.4. The predicted molar refractivity (Wildman–Crippen MR) is 177 cm³/mol. The van der Waals surface area contributed by atoms with Gasteiger partial charge in [0.25, 0.3) is 0 Å². The van der Waals surface area contributed by atoms with Crippen molar-refractivity contribution < 1.29 is 0 Å². The van der Waals surface area contributed by atoms with Crippen LogP contribution in [0.15, 0.2) is 42.6 Å². The summed E-state index contributed by atoms with van der Waals surface area (Å²) >= 11 is 0. The van der Waals surface area contributed by atoms with Gasteiger partial charge < -0.3 is 16.0 Å². The Morgan fingerprint density at radius 3 is 2.45 bits per heavy atom. The van der Waals surface area contributed by atoms with Crippen LogP contribution in [0.4, 0.5) is 17.6 Å².